The van der Waals surface area contributed by atoms with Crippen LogP contribution in [0.15, 0.2) is 42.5 Å². The number of aryl methyl sites for hydroxylation is 1. The summed E-state index contributed by atoms with van der Waals surface area (Å²) in [6.07, 6.45) is 11.0. The molecule has 0 saturated carbocycles. The molecule has 1 aliphatic heterocycles. The van der Waals surface area contributed by atoms with Gasteiger partial charge in [-0.25, -0.2) is 0 Å². The Morgan fingerprint density at radius 2 is 1.85 bits per heavy atom. The third-order valence-electron chi connectivity index (χ3n) is 4.09. The van der Waals surface area contributed by atoms with Crippen LogP contribution in [0.4, 0.5) is 0 Å². The summed E-state index contributed by atoms with van der Waals surface area (Å²) in [6.45, 7) is 4.42. The molecule has 110 valence electrons. The molecule has 1 unspecified atom stereocenters. The zero-order chi connectivity index (χ0) is 14.0. The maximum Gasteiger partial charge on any atom is 0.00565 e. The Kier molecular flexibility index (Phi) is 6.82. The van der Waals surface area contributed by atoms with Crippen molar-refractivity contribution < 1.29 is 0 Å². The van der Waals surface area contributed by atoms with E-state index in [1.165, 1.54) is 37.9 Å². The summed E-state index contributed by atoms with van der Waals surface area (Å²) < 4.78 is 0. The molecule has 1 fully saturated rings. The van der Waals surface area contributed by atoms with Crippen LogP contribution in [0.2, 0.25) is 0 Å². The standard InChI is InChI=1S/C18H28N2/c19-15-18(16-20-13-7-2-8-14-20)12-6-5-11-17-9-3-1-4-10-17/h1,3-4,6,9-10,12,18H,2,5,7-8,11,13-16,19H2/b12-6+. The number of rotatable bonds is 7. The molecule has 1 heterocycles. The smallest absolute Gasteiger partial charge is 0.00565 e. The van der Waals surface area contributed by atoms with Crippen molar-refractivity contribution >= 4 is 0 Å². The maximum absolute atomic E-state index is 5.91. The van der Waals surface area contributed by atoms with E-state index in [2.05, 4.69) is 47.4 Å². The highest BCUT2D eigenvalue weighted by atomic mass is 15.1. The third kappa shape index (κ3) is 5.48. The molecule has 2 N–H and O–H groups in total. The van der Waals surface area contributed by atoms with Crippen molar-refractivity contribution in [3.8, 4) is 0 Å². The van der Waals surface area contributed by atoms with Crippen LogP contribution in [0.1, 0.15) is 31.2 Å². The van der Waals surface area contributed by atoms with E-state index in [0.717, 1.165) is 25.9 Å². The first-order chi connectivity index (χ1) is 9.88. The van der Waals surface area contributed by atoms with Crippen molar-refractivity contribution in [2.45, 2.75) is 32.1 Å². The zero-order valence-electron chi connectivity index (χ0n) is 12.5. The monoisotopic (exact) mass is 272 g/mol. The molecule has 2 heteroatoms. The van der Waals surface area contributed by atoms with Crippen molar-refractivity contribution in [2.75, 3.05) is 26.2 Å². The van der Waals surface area contributed by atoms with E-state index in [0.29, 0.717) is 5.92 Å². The van der Waals surface area contributed by atoms with E-state index >= 15 is 0 Å². The van der Waals surface area contributed by atoms with Gasteiger partial charge in [-0.05, 0) is 50.9 Å². The van der Waals surface area contributed by atoms with Gasteiger partial charge in [-0.1, -0.05) is 48.9 Å². The Labute approximate surface area is 123 Å². The minimum atomic E-state index is 0.517. The molecule has 20 heavy (non-hydrogen) atoms. The summed E-state index contributed by atoms with van der Waals surface area (Å²) in [5.74, 6) is 0.517. The largest absolute Gasteiger partial charge is 0.330 e. The molecular weight excluding hydrogens is 244 g/mol. The minimum Gasteiger partial charge on any atom is -0.330 e. The number of likely N-dealkylation sites (tertiary alicyclic amines) is 1. The van der Waals surface area contributed by atoms with Crippen LogP contribution < -0.4 is 5.73 Å². The molecule has 1 saturated heterocycles. The highest BCUT2D eigenvalue weighted by molar-refractivity contribution is 5.15. The number of hydrogen-bond acceptors (Lipinski definition) is 2. The highest BCUT2D eigenvalue weighted by Crippen LogP contribution is 2.12. The number of benzene rings is 1. The van der Waals surface area contributed by atoms with Gasteiger partial charge in [-0.3, -0.25) is 0 Å². The van der Waals surface area contributed by atoms with Crippen molar-refractivity contribution in [1.29, 1.82) is 0 Å². The maximum atomic E-state index is 5.91. The number of piperidine rings is 1. The molecule has 1 aromatic carbocycles. The minimum absolute atomic E-state index is 0.517. The fraction of sp³-hybridized carbons (Fsp3) is 0.556. The molecule has 0 aromatic heterocycles. The topological polar surface area (TPSA) is 29.3 Å². The predicted octanol–water partition coefficient (Wildman–Crippen LogP) is 3.24. The Hall–Kier alpha value is -1.12. The third-order valence-corrected chi connectivity index (χ3v) is 4.09. The summed E-state index contributed by atoms with van der Waals surface area (Å²) in [6, 6.07) is 10.7. The van der Waals surface area contributed by atoms with Crippen LogP contribution in [0, 0.1) is 5.92 Å². The van der Waals surface area contributed by atoms with Crippen LogP contribution in [0.5, 0.6) is 0 Å². The lowest BCUT2D eigenvalue weighted by molar-refractivity contribution is 0.210. The average molecular weight is 272 g/mol. The fourth-order valence-corrected chi connectivity index (χ4v) is 2.87. The van der Waals surface area contributed by atoms with E-state index < -0.39 is 0 Å². The first-order valence-corrected chi connectivity index (χ1v) is 8.01. The molecule has 0 aliphatic carbocycles. The zero-order valence-corrected chi connectivity index (χ0v) is 12.5. The Balaban J connectivity index is 1.70. The summed E-state index contributed by atoms with van der Waals surface area (Å²) >= 11 is 0. The molecule has 2 rings (SSSR count). The lowest BCUT2D eigenvalue weighted by Gasteiger charge is -2.28. The van der Waals surface area contributed by atoms with Crippen molar-refractivity contribution in [2.24, 2.45) is 11.7 Å². The van der Waals surface area contributed by atoms with Gasteiger partial charge >= 0.3 is 0 Å². The quantitative estimate of drug-likeness (QED) is 0.772. The van der Waals surface area contributed by atoms with Gasteiger partial charge in [-0.15, -0.1) is 0 Å². The van der Waals surface area contributed by atoms with Crippen LogP contribution in [0.3, 0.4) is 0 Å². The molecular formula is C18H28N2. The molecule has 2 nitrogen and oxygen atoms in total. The van der Waals surface area contributed by atoms with Gasteiger partial charge in [0.1, 0.15) is 0 Å². The molecule has 0 spiro atoms. The lowest BCUT2D eigenvalue weighted by atomic mass is 10.0. The number of allylic oxidation sites excluding steroid dienone is 1. The van der Waals surface area contributed by atoms with E-state index in [1.807, 2.05) is 0 Å². The van der Waals surface area contributed by atoms with Gasteiger partial charge in [-0.2, -0.15) is 0 Å². The summed E-state index contributed by atoms with van der Waals surface area (Å²) in [7, 11) is 0. The van der Waals surface area contributed by atoms with E-state index in [-0.39, 0.29) is 0 Å². The molecule has 0 radical (unpaired) electrons. The predicted molar refractivity (Wildman–Crippen MR) is 86.7 cm³/mol. The molecule has 0 amide bonds. The number of nitrogens with two attached hydrogens (primary N) is 1. The van der Waals surface area contributed by atoms with Gasteiger partial charge < -0.3 is 10.6 Å². The Morgan fingerprint density at radius 1 is 1.10 bits per heavy atom. The molecule has 1 aliphatic rings. The number of nitrogens with zero attached hydrogens (tertiary/aromatic N) is 1. The lowest BCUT2D eigenvalue weighted by Crippen LogP contribution is -2.35. The van der Waals surface area contributed by atoms with Gasteiger partial charge in [0.05, 0.1) is 0 Å². The second-order valence-corrected chi connectivity index (χ2v) is 5.81. The second kappa shape index (κ2) is 8.93. The van der Waals surface area contributed by atoms with Gasteiger partial charge in [0.25, 0.3) is 0 Å². The van der Waals surface area contributed by atoms with Crippen LogP contribution in [-0.4, -0.2) is 31.1 Å². The highest BCUT2D eigenvalue weighted by Gasteiger charge is 2.13. The number of hydrogen-bond donors (Lipinski definition) is 1. The first-order valence-electron chi connectivity index (χ1n) is 8.01. The Bertz CT molecular complexity index is 380. The van der Waals surface area contributed by atoms with E-state index in [9.17, 15) is 0 Å². The SMILES string of the molecule is NCC(/C=C/CCc1ccccc1)CN1CCCCC1. The fourth-order valence-electron chi connectivity index (χ4n) is 2.87. The molecule has 1 atom stereocenters. The van der Waals surface area contributed by atoms with Crippen LogP contribution >= 0.6 is 0 Å². The van der Waals surface area contributed by atoms with Crippen LogP contribution in [-0.2, 0) is 6.42 Å². The van der Waals surface area contributed by atoms with Gasteiger partial charge in [0, 0.05) is 12.5 Å². The van der Waals surface area contributed by atoms with Crippen LogP contribution in [0.25, 0.3) is 0 Å². The molecule has 1 aromatic rings. The normalized spacial score (nSPS) is 18.4. The van der Waals surface area contributed by atoms with E-state index in [1.54, 1.807) is 0 Å². The van der Waals surface area contributed by atoms with Crippen molar-refractivity contribution in [1.82, 2.24) is 4.90 Å². The second-order valence-electron chi connectivity index (χ2n) is 5.81. The summed E-state index contributed by atoms with van der Waals surface area (Å²) in [4.78, 5) is 2.57. The summed E-state index contributed by atoms with van der Waals surface area (Å²) in [5.41, 5.74) is 7.32. The van der Waals surface area contributed by atoms with Crippen molar-refractivity contribution in [3.63, 3.8) is 0 Å². The average Bonchev–Trinajstić information content (AvgIpc) is 2.52. The summed E-state index contributed by atoms with van der Waals surface area (Å²) in [5, 5.41) is 0. The molecule has 0 bridgehead atoms. The Morgan fingerprint density at radius 3 is 2.55 bits per heavy atom. The first kappa shape index (κ1) is 15.3. The van der Waals surface area contributed by atoms with Gasteiger partial charge in [0.15, 0.2) is 0 Å². The van der Waals surface area contributed by atoms with E-state index in [4.69, 9.17) is 5.73 Å². The van der Waals surface area contributed by atoms with Crippen molar-refractivity contribution in [3.05, 3.63) is 48.0 Å². The van der Waals surface area contributed by atoms with Gasteiger partial charge in [0.2, 0.25) is 0 Å².